The molecule has 6 heteroatoms. The fourth-order valence-corrected chi connectivity index (χ4v) is 2.72. The van der Waals surface area contributed by atoms with E-state index < -0.39 is 4.92 Å². The van der Waals surface area contributed by atoms with E-state index in [-0.39, 0.29) is 11.3 Å². The molecule has 0 atom stereocenters. The predicted octanol–water partition coefficient (Wildman–Crippen LogP) is 3.62. The van der Waals surface area contributed by atoms with Crippen LogP contribution in [0.25, 0.3) is 0 Å². The molecular weight excluding hydrogens is 282 g/mol. The van der Waals surface area contributed by atoms with E-state index in [1.165, 1.54) is 31.7 Å². The largest absolute Gasteiger partial charge is 0.377 e. The average molecular weight is 303 g/mol. The third-order valence-corrected chi connectivity index (χ3v) is 3.90. The molecule has 1 fully saturated rings. The summed E-state index contributed by atoms with van der Waals surface area (Å²) >= 11 is 0. The molecule has 2 rings (SSSR count). The van der Waals surface area contributed by atoms with Gasteiger partial charge in [-0.05, 0) is 25.0 Å². The quantitative estimate of drug-likeness (QED) is 0.375. The number of nitro groups is 1. The molecule has 0 amide bonds. The van der Waals surface area contributed by atoms with Crippen LogP contribution in [0, 0.1) is 21.4 Å². The standard InChI is InChI=1S/C16H21N3O3/c17-12-13-7-8-15(16(11-13)19(20)21)18-9-10-22-14-5-3-1-2-4-6-14/h7-8,11,14,18H,1-6,9-10H2. The summed E-state index contributed by atoms with van der Waals surface area (Å²) in [5.41, 5.74) is 0.633. The smallest absolute Gasteiger partial charge is 0.293 e. The Hall–Kier alpha value is -2.13. The van der Waals surface area contributed by atoms with Crippen molar-refractivity contribution in [1.29, 1.82) is 5.26 Å². The maximum Gasteiger partial charge on any atom is 0.293 e. The fraction of sp³-hybridized carbons (Fsp3) is 0.562. The van der Waals surface area contributed by atoms with Crippen LogP contribution in [0.2, 0.25) is 0 Å². The minimum atomic E-state index is -0.477. The van der Waals surface area contributed by atoms with Gasteiger partial charge in [-0.15, -0.1) is 0 Å². The lowest BCUT2D eigenvalue weighted by Gasteiger charge is -2.15. The molecule has 1 aromatic rings. The van der Waals surface area contributed by atoms with Gasteiger partial charge in [-0.3, -0.25) is 10.1 Å². The van der Waals surface area contributed by atoms with Gasteiger partial charge in [0.05, 0.1) is 29.3 Å². The summed E-state index contributed by atoms with van der Waals surface area (Å²) in [5.74, 6) is 0. The van der Waals surface area contributed by atoms with Gasteiger partial charge in [-0.1, -0.05) is 25.7 Å². The van der Waals surface area contributed by atoms with Crippen LogP contribution in [-0.4, -0.2) is 24.2 Å². The number of ether oxygens (including phenoxy) is 1. The van der Waals surface area contributed by atoms with Gasteiger partial charge in [0.1, 0.15) is 5.69 Å². The van der Waals surface area contributed by atoms with Gasteiger partial charge in [0, 0.05) is 12.6 Å². The summed E-state index contributed by atoms with van der Waals surface area (Å²) in [4.78, 5) is 10.6. The zero-order valence-corrected chi connectivity index (χ0v) is 12.6. The Balaban J connectivity index is 1.83. The van der Waals surface area contributed by atoms with Crippen LogP contribution in [0.3, 0.4) is 0 Å². The highest BCUT2D eigenvalue weighted by atomic mass is 16.6. The molecule has 1 aliphatic carbocycles. The number of hydrogen-bond acceptors (Lipinski definition) is 5. The van der Waals surface area contributed by atoms with Gasteiger partial charge in [-0.25, -0.2) is 0 Å². The van der Waals surface area contributed by atoms with Crippen molar-refractivity contribution in [2.24, 2.45) is 0 Å². The number of benzene rings is 1. The summed E-state index contributed by atoms with van der Waals surface area (Å²) in [7, 11) is 0. The number of nitrogens with zero attached hydrogens (tertiary/aromatic N) is 2. The van der Waals surface area contributed by atoms with E-state index in [0.717, 1.165) is 12.8 Å². The Labute approximate surface area is 130 Å². The van der Waals surface area contributed by atoms with Gasteiger partial charge >= 0.3 is 0 Å². The van der Waals surface area contributed by atoms with Crippen molar-refractivity contribution in [1.82, 2.24) is 0 Å². The van der Waals surface area contributed by atoms with Crippen molar-refractivity contribution in [3.8, 4) is 6.07 Å². The number of rotatable bonds is 6. The highest BCUT2D eigenvalue weighted by molar-refractivity contribution is 5.63. The summed E-state index contributed by atoms with van der Waals surface area (Å²) < 4.78 is 5.85. The zero-order chi connectivity index (χ0) is 15.8. The van der Waals surface area contributed by atoms with Crippen molar-refractivity contribution < 1.29 is 9.66 Å². The van der Waals surface area contributed by atoms with Crippen molar-refractivity contribution in [3.05, 3.63) is 33.9 Å². The zero-order valence-electron chi connectivity index (χ0n) is 12.6. The van der Waals surface area contributed by atoms with Crippen LogP contribution in [0.4, 0.5) is 11.4 Å². The van der Waals surface area contributed by atoms with Crippen LogP contribution >= 0.6 is 0 Å². The highest BCUT2D eigenvalue weighted by Gasteiger charge is 2.15. The first-order valence-electron chi connectivity index (χ1n) is 7.74. The Morgan fingerprint density at radius 2 is 2.05 bits per heavy atom. The van der Waals surface area contributed by atoms with E-state index in [2.05, 4.69) is 5.32 Å². The molecule has 22 heavy (non-hydrogen) atoms. The molecular formula is C16H21N3O3. The number of nitriles is 1. The molecule has 0 heterocycles. The summed E-state index contributed by atoms with van der Waals surface area (Å²) in [6.45, 7) is 1.05. The Morgan fingerprint density at radius 3 is 2.68 bits per heavy atom. The monoisotopic (exact) mass is 303 g/mol. The SMILES string of the molecule is N#Cc1ccc(NCCOC2CCCCCC2)c([N+](=O)[O-])c1. The van der Waals surface area contributed by atoms with E-state index in [0.29, 0.717) is 24.9 Å². The summed E-state index contributed by atoms with van der Waals surface area (Å²) in [5, 5.41) is 22.9. The molecule has 1 saturated carbocycles. The van der Waals surface area contributed by atoms with Crippen LogP contribution < -0.4 is 5.32 Å². The van der Waals surface area contributed by atoms with Gasteiger partial charge in [0.2, 0.25) is 0 Å². The Morgan fingerprint density at radius 1 is 1.32 bits per heavy atom. The molecule has 1 aromatic carbocycles. The minimum Gasteiger partial charge on any atom is -0.377 e. The van der Waals surface area contributed by atoms with E-state index in [9.17, 15) is 10.1 Å². The molecule has 0 unspecified atom stereocenters. The molecule has 0 aromatic heterocycles. The van der Waals surface area contributed by atoms with E-state index in [1.807, 2.05) is 6.07 Å². The number of hydrogen-bond donors (Lipinski definition) is 1. The molecule has 0 aliphatic heterocycles. The number of nitro benzene ring substituents is 1. The van der Waals surface area contributed by atoms with Crippen molar-refractivity contribution in [2.75, 3.05) is 18.5 Å². The lowest BCUT2D eigenvalue weighted by atomic mass is 10.1. The molecule has 0 saturated heterocycles. The van der Waals surface area contributed by atoms with E-state index in [4.69, 9.17) is 10.00 Å². The fourth-order valence-electron chi connectivity index (χ4n) is 2.72. The summed E-state index contributed by atoms with van der Waals surface area (Å²) in [6, 6.07) is 6.34. The van der Waals surface area contributed by atoms with Crippen molar-refractivity contribution >= 4 is 11.4 Å². The Kier molecular flexibility index (Phi) is 6.16. The first-order chi connectivity index (χ1) is 10.7. The van der Waals surface area contributed by atoms with Crippen molar-refractivity contribution in [2.45, 2.75) is 44.6 Å². The molecule has 6 nitrogen and oxygen atoms in total. The van der Waals surface area contributed by atoms with Crippen molar-refractivity contribution in [3.63, 3.8) is 0 Å². The topological polar surface area (TPSA) is 88.2 Å². The maximum atomic E-state index is 11.0. The third kappa shape index (κ3) is 4.71. The van der Waals surface area contributed by atoms with Crippen LogP contribution in [-0.2, 0) is 4.74 Å². The lowest BCUT2D eigenvalue weighted by molar-refractivity contribution is -0.384. The van der Waals surface area contributed by atoms with Gasteiger partial charge in [0.25, 0.3) is 5.69 Å². The molecule has 0 spiro atoms. The number of nitrogens with one attached hydrogen (secondary N) is 1. The Bertz CT molecular complexity index is 546. The first kappa shape index (κ1) is 16.2. The van der Waals surface area contributed by atoms with E-state index in [1.54, 1.807) is 12.1 Å². The molecule has 1 aliphatic rings. The van der Waals surface area contributed by atoms with Crippen LogP contribution in [0.5, 0.6) is 0 Å². The molecule has 1 N–H and O–H groups in total. The van der Waals surface area contributed by atoms with Crippen LogP contribution in [0.15, 0.2) is 18.2 Å². The van der Waals surface area contributed by atoms with Gasteiger partial charge in [-0.2, -0.15) is 5.26 Å². The van der Waals surface area contributed by atoms with Crippen LogP contribution in [0.1, 0.15) is 44.1 Å². The second-order valence-corrected chi connectivity index (χ2v) is 5.51. The molecule has 0 radical (unpaired) electrons. The maximum absolute atomic E-state index is 11.0. The first-order valence-corrected chi connectivity index (χ1v) is 7.74. The highest BCUT2D eigenvalue weighted by Crippen LogP contribution is 2.25. The molecule has 0 bridgehead atoms. The predicted molar refractivity (Wildman–Crippen MR) is 83.7 cm³/mol. The second-order valence-electron chi connectivity index (χ2n) is 5.51. The minimum absolute atomic E-state index is 0.0754. The van der Waals surface area contributed by atoms with E-state index >= 15 is 0 Å². The third-order valence-electron chi connectivity index (χ3n) is 3.90. The molecule has 118 valence electrons. The lowest BCUT2D eigenvalue weighted by Crippen LogP contribution is -2.18. The average Bonchev–Trinajstić information content (AvgIpc) is 2.80. The number of anilines is 1. The second kappa shape index (κ2) is 8.35. The normalized spacial score (nSPS) is 15.8. The summed E-state index contributed by atoms with van der Waals surface area (Å²) in [6.07, 6.45) is 7.55. The van der Waals surface area contributed by atoms with Gasteiger partial charge in [0.15, 0.2) is 0 Å². The van der Waals surface area contributed by atoms with Gasteiger partial charge < -0.3 is 10.1 Å².